The number of hydrogen-bond donors (Lipinski definition) is 0. The van der Waals surface area contributed by atoms with Gasteiger partial charge in [-0.3, -0.25) is 9.80 Å². The molecule has 0 aromatic heterocycles. The second kappa shape index (κ2) is 15.7. The van der Waals surface area contributed by atoms with Crippen LogP contribution in [0.1, 0.15) is 22.3 Å². The summed E-state index contributed by atoms with van der Waals surface area (Å²) in [5.74, 6) is -2.90. The van der Waals surface area contributed by atoms with Gasteiger partial charge < -0.3 is 18.9 Å². The number of carbonyl (C=O) groups excluding carboxylic acids is 2. The van der Waals surface area contributed by atoms with Crippen molar-refractivity contribution in [2.45, 2.75) is 49.9 Å². The first-order valence-electron chi connectivity index (χ1n) is 16.4. The predicted molar refractivity (Wildman–Crippen MR) is 175 cm³/mol. The van der Waals surface area contributed by atoms with E-state index in [1.165, 1.54) is 24.3 Å². The van der Waals surface area contributed by atoms with Crippen LogP contribution in [0.5, 0.6) is 11.5 Å². The van der Waals surface area contributed by atoms with Crippen LogP contribution in [0.2, 0.25) is 0 Å². The largest absolute Gasteiger partial charge is 0.485 e. The minimum absolute atomic E-state index is 0.0935. The van der Waals surface area contributed by atoms with E-state index in [1.54, 1.807) is 0 Å². The molecule has 2 heterocycles. The van der Waals surface area contributed by atoms with Gasteiger partial charge in [0.2, 0.25) is 0 Å². The fourth-order valence-electron chi connectivity index (χ4n) is 6.24. The molecule has 14 heteroatoms. The highest BCUT2D eigenvalue weighted by molar-refractivity contribution is 6.29. The van der Waals surface area contributed by atoms with Gasteiger partial charge in [0.1, 0.15) is 23.7 Å². The zero-order valence-electron chi connectivity index (χ0n) is 27.6. The van der Waals surface area contributed by atoms with Crippen molar-refractivity contribution in [3.8, 4) is 11.5 Å². The standard InChI is InChI=1S/C38H34F6N2O6/c39-37(40,41)27-13-7-15-29(17-27)49-31-21-45(19-25-9-3-1-4-10-25)23-33(31)51-35(47)36(48)52-34-24-46(20-26-11-5-2-6-12-26)22-32(34)50-30-16-8-14-28(18-30)38(42,43)44/h1-18,31-34H,19-24H2. The Bertz CT molecular complexity index is 1690. The normalized spacial score (nSPS) is 21.1. The van der Waals surface area contributed by atoms with Crippen LogP contribution >= 0.6 is 0 Å². The van der Waals surface area contributed by atoms with Crippen LogP contribution in [-0.4, -0.2) is 72.3 Å². The Morgan fingerprint density at radius 1 is 0.519 bits per heavy atom. The summed E-state index contributed by atoms with van der Waals surface area (Å²) in [6.07, 6.45) is -13.2. The number of rotatable bonds is 10. The molecule has 0 N–H and O–H groups in total. The molecule has 0 aliphatic carbocycles. The highest BCUT2D eigenvalue weighted by Crippen LogP contribution is 2.34. The molecule has 2 aliphatic rings. The minimum atomic E-state index is -4.61. The monoisotopic (exact) mass is 728 g/mol. The molecule has 4 aromatic carbocycles. The van der Waals surface area contributed by atoms with E-state index in [0.717, 1.165) is 35.4 Å². The Morgan fingerprint density at radius 2 is 0.885 bits per heavy atom. The van der Waals surface area contributed by atoms with Gasteiger partial charge in [0.25, 0.3) is 0 Å². The number of hydrogen-bond acceptors (Lipinski definition) is 8. The lowest BCUT2D eigenvalue weighted by Crippen LogP contribution is -2.40. The van der Waals surface area contributed by atoms with E-state index in [0.29, 0.717) is 13.1 Å². The first kappa shape index (κ1) is 36.7. The Labute approximate surface area is 295 Å². The summed E-state index contributed by atoms with van der Waals surface area (Å²) in [4.78, 5) is 30.2. The third-order valence-electron chi connectivity index (χ3n) is 8.66. The second-order valence-electron chi connectivity index (χ2n) is 12.6. The van der Waals surface area contributed by atoms with E-state index < -0.39 is 59.8 Å². The Balaban J connectivity index is 1.16. The summed E-state index contributed by atoms with van der Waals surface area (Å²) in [5.41, 5.74) is 0.0293. The number of esters is 2. The fraction of sp³-hybridized carbons (Fsp3) is 0.316. The molecule has 8 nitrogen and oxygen atoms in total. The van der Waals surface area contributed by atoms with E-state index in [9.17, 15) is 35.9 Å². The molecular weight excluding hydrogens is 694 g/mol. The molecule has 6 rings (SSSR count). The predicted octanol–water partition coefficient (Wildman–Crippen LogP) is 6.77. The van der Waals surface area contributed by atoms with Gasteiger partial charge in [-0.1, -0.05) is 72.8 Å². The third-order valence-corrected chi connectivity index (χ3v) is 8.66. The van der Waals surface area contributed by atoms with Gasteiger partial charge in [-0.15, -0.1) is 0 Å². The molecular formula is C38H34F6N2O6. The summed E-state index contributed by atoms with van der Waals surface area (Å²) in [7, 11) is 0. The van der Waals surface area contributed by atoms with Crippen molar-refractivity contribution in [1.82, 2.24) is 9.80 Å². The Hall–Kier alpha value is -5.08. The van der Waals surface area contributed by atoms with E-state index >= 15 is 0 Å². The molecule has 4 aromatic rings. The number of likely N-dealkylation sites (tertiary alicyclic amines) is 2. The molecule has 274 valence electrons. The van der Waals surface area contributed by atoms with Crippen LogP contribution in [0.4, 0.5) is 26.3 Å². The quantitative estimate of drug-likeness (QED) is 0.101. The van der Waals surface area contributed by atoms with Crippen molar-refractivity contribution >= 4 is 11.9 Å². The van der Waals surface area contributed by atoms with Crippen molar-refractivity contribution in [2.75, 3.05) is 26.2 Å². The van der Waals surface area contributed by atoms with Crippen LogP contribution in [0.3, 0.4) is 0 Å². The number of alkyl halides is 6. The second-order valence-corrected chi connectivity index (χ2v) is 12.6. The van der Waals surface area contributed by atoms with Crippen LogP contribution < -0.4 is 9.47 Å². The Morgan fingerprint density at radius 3 is 1.25 bits per heavy atom. The van der Waals surface area contributed by atoms with Crippen LogP contribution in [0.15, 0.2) is 109 Å². The highest BCUT2D eigenvalue weighted by Gasteiger charge is 2.42. The topological polar surface area (TPSA) is 77.5 Å². The molecule has 0 radical (unpaired) electrons. The summed E-state index contributed by atoms with van der Waals surface area (Å²) < 4.78 is 103. The van der Waals surface area contributed by atoms with Gasteiger partial charge >= 0.3 is 24.3 Å². The first-order chi connectivity index (χ1) is 24.8. The van der Waals surface area contributed by atoms with E-state index in [1.807, 2.05) is 70.5 Å². The SMILES string of the molecule is O=C(OC1CN(Cc2ccccc2)CC1Oc1cccc(C(F)(F)F)c1)C(=O)OC1CN(Cc2ccccc2)CC1Oc1cccc(C(F)(F)F)c1. The lowest BCUT2D eigenvalue weighted by atomic mass is 10.2. The van der Waals surface area contributed by atoms with Crippen LogP contribution in [0, 0.1) is 0 Å². The van der Waals surface area contributed by atoms with Crippen molar-refractivity contribution in [3.63, 3.8) is 0 Å². The van der Waals surface area contributed by atoms with Gasteiger partial charge in [-0.25, -0.2) is 9.59 Å². The number of nitrogens with zero attached hydrogens (tertiary/aromatic N) is 2. The minimum Gasteiger partial charge on any atom is -0.485 e. The summed E-state index contributed by atoms with van der Waals surface area (Å²) >= 11 is 0. The molecule has 2 saturated heterocycles. The first-order valence-corrected chi connectivity index (χ1v) is 16.4. The average Bonchev–Trinajstić information content (AvgIpc) is 3.66. The maximum absolute atomic E-state index is 13.4. The molecule has 2 aliphatic heterocycles. The van der Waals surface area contributed by atoms with Gasteiger partial charge in [0.15, 0.2) is 12.2 Å². The number of benzene rings is 4. The van der Waals surface area contributed by atoms with Crippen molar-refractivity contribution in [2.24, 2.45) is 0 Å². The molecule has 0 bridgehead atoms. The molecule has 4 unspecified atom stereocenters. The number of ether oxygens (including phenoxy) is 4. The average molecular weight is 729 g/mol. The maximum atomic E-state index is 13.4. The zero-order valence-corrected chi connectivity index (χ0v) is 27.6. The third kappa shape index (κ3) is 9.62. The van der Waals surface area contributed by atoms with Crippen molar-refractivity contribution < 1.29 is 54.9 Å². The number of halogens is 6. The Kier molecular flexibility index (Phi) is 11.1. The fourth-order valence-corrected chi connectivity index (χ4v) is 6.24. The van der Waals surface area contributed by atoms with Crippen molar-refractivity contribution in [3.05, 3.63) is 131 Å². The molecule has 52 heavy (non-hydrogen) atoms. The van der Waals surface area contributed by atoms with Gasteiger partial charge in [-0.2, -0.15) is 26.3 Å². The van der Waals surface area contributed by atoms with Crippen molar-refractivity contribution in [1.29, 1.82) is 0 Å². The lowest BCUT2D eigenvalue weighted by molar-refractivity contribution is -0.176. The number of carbonyl (C=O) groups is 2. The highest BCUT2D eigenvalue weighted by atomic mass is 19.4. The van der Waals surface area contributed by atoms with E-state index in [-0.39, 0.29) is 37.7 Å². The summed E-state index contributed by atoms with van der Waals surface area (Å²) in [5, 5.41) is 0. The van der Waals surface area contributed by atoms with Gasteiger partial charge in [0.05, 0.1) is 11.1 Å². The summed E-state index contributed by atoms with van der Waals surface area (Å²) in [6, 6.07) is 27.3. The van der Waals surface area contributed by atoms with Gasteiger partial charge in [-0.05, 0) is 47.5 Å². The lowest BCUT2D eigenvalue weighted by Gasteiger charge is -2.22. The zero-order chi connectivity index (χ0) is 36.9. The van der Waals surface area contributed by atoms with E-state index in [2.05, 4.69) is 0 Å². The van der Waals surface area contributed by atoms with E-state index in [4.69, 9.17) is 18.9 Å². The molecule has 0 amide bonds. The summed E-state index contributed by atoms with van der Waals surface area (Å²) in [6.45, 7) is 1.37. The maximum Gasteiger partial charge on any atom is 0.417 e. The van der Waals surface area contributed by atoms with Gasteiger partial charge in [0, 0.05) is 39.3 Å². The molecule has 0 saturated carbocycles. The van der Waals surface area contributed by atoms with Crippen LogP contribution in [0.25, 0.3) is 0 Å². The smallest absolute Gasteiger partial charge is 0.417 e. The molecule has 0 spiro atoms. The molecule has 2 fully saturated rings. The van der Waals surface area contributed by atoms with Crippen LogP contribution in [-0.2, 0) is 44.5 Å². The molecule has 4 atom stereocenters.